The molecule has 0 spiro atoms. The molecule has 2 rings (SSSR count). The molecule has 118 valence electrons. The number of ether oxygens (including phenoxy) is 1. The van der Waals surface area contributed by atoms with E-state index in [-0.39, 0.29) is 23.8 Å². The van der Waals surface area contributed by atoms with Crippen LogP contribution in [0.4, 0.5) is 0 Å². The first kappa shape index (κ1) is 15.9. The van der Waals surface area contributed by atoms with Gasteiger partial charge in [0.15, 0.2) is 0 Å². The van der Waals surface area contributed by atoms with Crippen LogP contribution in [0.1, 0.15) is 12.8 Å². The highest BCUT2D eigenvalue weighted by atomic mass is 32.2. The monoisotopic (exact) mass is 317 g/mol. The van der Waals surface area contributed by atoms with Gasteiger partial charge < -0.3 is 9.84 Å². The fraction of sp³-hybridized carbons (Fsp3) is 0.667. The van der Waals surface area contributed by atoms with Gasteiger partial charge in [-0.2, -0.15) is 9.40 Å². The Labute approximate surface area is 123 Å². The van der Waals surface area contributed by atoms with Crippen LogP contribution >= 0.6 is 0 Å². The van der Waals surface area contributed by atoms with Crippen molar-refractivity contribution in [1.29, 1.82) is 0 Å². The molecular formula is C12H19N3O5S. The minimum atomic E-state index is -3.56. The Kier molecular flexibility index (Phi) is 4.96. The summed E-state index contributed by atoms with van der Waals surface area (Å²) in [5.74, 6) is -0.733. The first-order chi connectivity index (χ1) is 9.93. The lowest BCUT2D eigenvalue weighted by molar-refractivity contribution is -0.137. The number of rotatable bonds is 7. The van der Waals surface area contributed by atoms with E-state index in [0.717, 1.165) is 6.42 Å². The molecule has 1 aromatic rings. The third-order valence-corrected chi connectivity index (χ3v) is 5.27. The molecule has 9 heteroatoms. The fourth-order valence-electron chi connectivity index (χ4n) is 2.35. The lowest BCUT2D eigenvalue weighted by atomic mass is 10.1. The van der Waals surface area contributed by atoms with Crippen molar-refractivity contribution in [2.45, 2.75) is 24.3 Å². The van der Waals surface area contributed by atoms with Crippen LogP contribution in [0.5, 0.6) is 0 Å². The zero-order valence-corrected chi connectivity index (χ0v) is 12.6. The van der Waals surface area contributed by atoms with Gasteiger partial charge >= 0.3 is 5.97 Å². The van der Waals surface area contributed by atoms with E-state index in [1.54, 1.807) is 7.11 Å². The fourth-order valence-corrected chi connectivity index (χ4v) is 3.83. The number of nitrogens with zero attached hydrogens (tertiary/aromatic N) is 3. The summed E-state index contributed by atoms with van der Waals surface area (Å²) in [6.07, 6.45) is 3.32. The molecule has 0 aliphatic carbocycles. The minimum Gasteiger partial charge on any atom is -0.481 e. The quantitative estimate of drug-likeness (QED) is 0.760. The lowest BCUT2D eigenvalue weighted by Crippen LogP contribution is -2.29. The summed E-state index contributed by atoms with van der Waals surface area (Å²) in [4.78, 5) is 10.6. The number of sulfonamides is 1. The average molecular weight is 317 g/mol. The van der Waals surface area contributed by atoms with Crippen molar-refractivity contribution in [2.75, 3.05) is 26.8 Å². The maximum atomic E-state index is 12.5. The molecule has 2 heterocycles. The molecule has 0 amide bonds. The molecule has 1 saturated heterocycles. The van der Waals surface area contributed by atoms with Crippen LogP contribution < -0.4 is 0 Å². The molecule has 1 unspecified atom stereocenters. The molecule has 1 aromatic heterocycles. The van der Waals surface area contributed by atoms with Crippen molar-refractivity contribution in [3.8, 4) is 0 Å². The van der Waals surface area contributed by atoms with Gasteiger partial charge in [0.05, 0.1) is 25.8 Å². The zero-order chi connectivity index (χ0) is 15.5. The minimum absolute atomic E-state index is 0.0964. The number of methoxy groups -OCH3 is 1. The predicted octanol–water partition coefficient (Wildman–Crippen LogP) is 0.0148. The summed E-state index contributed by atoms with van der Waals surface area (Å²) in [6.45, 7) is 1.61. The van der Waals surface area contributed by atoms with E-state index in [2.05, 4.69) is 5.10 Å². The first-order valence-electron chi connectivity index (χ1n) is 6.67. The van der Waals surface area contributed by atoms with Gasteiger partial charge in [0.1, 0.15) is 4.90 Å². The summed E-state index contributed by atoms with van der Waals surface area (Å²) in [5.41, 5.74) is 0. The zero-order valence-electron chi connectivity index (χ0n) is 11.8. The molecule has 1 aliphatic rings. The van der Waals surface area contributed by atoms with Crippen molar-refractivity contribution in [2.24, 2.45) is 5.92 Å². The molecule has 0 aromatic carbocycles. The average Bonchev–Trinajstić information content (AvgIpc) is 3.06. The van der Waals surface area contributed by atoms with Crippen molar-refractivity contribution in [1.82, 2.24) is 14.1 Å². The molecule has 1 atom stereocenters. The number of hydrogen-bond acceptors (Lipinski definition) is 5. The Morgan fingerprint density at radius 2 is 2.33 bits per heavy atom. The van der Waals surface area contributed by atoms with Crippen molar-refractivity contribution in [3.63, 3.8) is 0 Å². The first-order valence-corrected chi connectivity index (χ1v) is 8.11. The van der Waals surface area contributed by atoms with Gasteiger partial charge in [-0.05, 0) is 12.3 Å². The van der Waals surface area contributed by atoms with Gasteiger partial charge in [-0.3, -0.25) is 9.48 Å². The van der Waals surface area contributed by atoms with E-state index in [0.29, 0.717) is 19.7 Å². The van der Waals surface area contributed by atoms with Crippen LogP contribution in [0.3, 0.4) is 0 Å². The van der Waals surface area contributed by atoms with E-state index < -0.39 is 16.0 Å². The van der Waals surface area contributed by atoms with Crippen LogP contribution in [-0.4, -0.2) is 60.4 Å². The Bertz CT molecular complexity index is 598. The number of carboxylic acids is 1. The summed E-state index contributed by atoms with van der Waals surface area (Å²) < 4.78 is 32.7. The van der Waals surface area contributed by atoms with Crippen LogP contribution in [-0.2, 0) is 26.1 Å². The van der Waals surface area contributed by atoms with Crippen LogP contribution in [0.25, 0.3) is 0 Å². The highest BCUT2D eigenvalue weighted by Gasteiger charge is 2.33. The van der Waals surface area contributed by atoms with Crippen molar-refractivity contribution >= 4 is 16.0 Å². The van der Waals surface area contributed by atoms with Gasteiger partial charge in [-0.15, -0.1) is 0 Å². The highest BCUT2D eigenvalue weighted by Crippen LogP contribution is 2.24. The SMILES string of the molecule is COCC1CCN(S(=O)(=O)c2cnn(CCC(=O)O)c2)C1. The maximum absolute atomic E-state index is 12.5. The molecule has 21 heavy (non-hydrogen) atoms. The number of carboxylic acid groups (broad SMARTS) is 1. The third-order valence-electron chi connectivity index (χ3n) is 3.45. The Morgan fingerprint density at radius 3 is 3.00 bits per heavy atom. The largest absolute Gasteiger partial charge is 0.481 e. The molecule has 0 saturated carbocycles. The number of carbonyl (C=O) groups is 1. The van der Waals surface area contributed by atoms with Gasteiger partial charge in [-0.25, -0.2) is 8.42 Å². The second-order valence-corrected chi connectivity index (χ2v) is 6.99. The van der Waals surface area contributed by atoms with E-state index in [9.17, 15) is 13.2 Å². The predicted molar refractivity (Wildman–Crippen MR) is 73.2 cm³/mol. The lowest BCUT2D eigenvalue weighted by Gasteiger charge is -2.15. The molecule has 0 radical (unpaired) electrons. The number of aliphatic carboxylic acids is 1. The molecule has 1 N–H and O–H groups in total. The third kappa shape index (κ3) is 3.80. The second-order valence-electron chi connectivity index (χ2n) is 5.06. The van der Waals surface area contributed by atoms with Gasteiger partial charge in [0.25, 0.3) is 0 Å². The van der Waals surface area contributed by atoms with Crippen molar-refractivity contribution < 1.29 is 23.1 Å². The summed E-state index contributed by atoms with van der Waals surface area (Å²) in [7, 11) is -1.96. The Hall–Kier alpha value is -1.45. The van der Waals surface area contributed by atoms with E-state index in [4.69, 9.17) is 9.84 Å². The number of aromatic nitrogens is 2. The summed E-state index contributed by atoms with van der Waals surface area (Å²) in [6, 6.07) is 0. The van der Waals surface area contributed by atoms with Gasteiger partial charge in [-0.1, -0.05) is 0 Å². The smallest absolute Gasteiger partial charge is 0.305 e. The molecule has 0 bridgehead atoms. The second kappa shape index (κ2) is 6.54. The number of hydrogen-bond donors (Lipinski definition) is 1. The van der Waals surface area contributed by atoms with Gasteiger partial charge in [0.2, 0.25) is 10.0 Å². The maximum Gasteiger partial charge on any atom is 0.305 e. The molecule has 8 nitrogen and oxygen atoms in total. The Balaban J connectivity index is 2.04. The standard InChI is InChI=1S/C12H19N3O5S/c1-20-9-10-2-5-15(7-10)21(18,19)11-6-13-14(8-11)4-3-12(16)17/h6,8,10H,2-5,7,9H2,1H3,(H,16,17). The Morgan fingerprint density at radius 1 is 1.57 bits per heavy atom. The van der Waals surface area contributed by atoms with Crippen LogP contribution in [0.2, 0.25) is 0 Å². The van der Waals surface area contributed by atoms with E-state index in [1.165, 1.54) is 21.4 Å². The van der Waals surface area contributed by atoms with Gasteiger partial charge in [0, 0.05) is 26.4 Å². The highest BCUT2D eigenvalue weighted by molar-refractivity contribution is 7.89. The molecular weight excluding hydrogens is 298 g/mol. The molecule has 1 fully saturated rings. The topological polar surface area (TPSA) is 102 Å². The summed E-state index contributed by atoms with van der Waals surface area (Å²) >= 11 is 0. The number of aryl methyl sites for hydroxylation is 1. The van der Waals surface area contributed by atoms with Crippen LogP contribution in [0, 0.1) is 5.92 Å². The normalized spacial score (nSPS) is 20.0. The van der Waals surface area contributed by atoms with E-state index >= 15 is 0 Å². The molecule has 1 aliphatic heterocycles. The van der Waals surface area contributed by atoms with Crippen LogP contribution in [0.15, 0.2) is 17.3 Å². The van der Waals surface area contributed by atoms with E-state index in [1.807, 2.05) is 0 Å². The van der Waals surface area contributed by atoms with Crippen molar-refractivity contribution in [3.05, 3.63) is 12.4 Å². The summed E-state index contributed by atoms with van der Waals surface area (Å²) in [5, 5.41) is 12.5.